The average Bonchev–Trinajstić information content (AvgIpc) is 2.62. The molecule has 1 aliphatic heterocycles. The summed E-state index contributed by atoms with van der Waals surface area (Å²) in [6, 6.07) is 17.7. The van der Waals surface area contributed by atoms with Gasteiger partial charge in [-0.05, 0) is 43.5 Å². The van der Waals surface area contributed by atoms with Gasteiger partial charge in [-0.25, -0.2) is 0 Å². The minimum absolute atomic E-state index is 0.0107. The number of para-hydroxylation sites is 2. The molecule has 0 unspecified atom stereocenters. The number of carbonyl (C=O) groups excluding carboxylic acids is 2. The van der Waals surface area contributed by atoms with E-state index in [-0.39, 0.29) is 23.9 Å². The first-order valence-corrected chi connectivity index (χ1v) is 9.30. The molecule has 3 rings (SSSR count). The summed E-state index contributed by atoms with van der Waals surface area (Å²) in [5.41, 5.74) is 2.85. The first-order valence-electron chi connectivity index (χ1n) is 9.30. The van der Waals surface area contributed by atoms with E-state index in [1.807, 2.05) is 71.3 Å². The Balaban J connectivity index is 2.07. The summed E-state index contributed by atoms with van der Waals surface area (Å²) in [5.74, 6) is 0.163. The van der Waals surface area contributed by atoms with Crippen LogP contribution in [0.25, 0.3) is 0 Å². The van der Waals surface area contributed by atoms with Gasteiger partial charge >= 0.3 is 0 Å². The third-order valence-corrected chi connectivity index (χ3v) is 4.98. The molecule has 0 N–H and O–H groups in total. The van der Waals surface area contributed by atoms with E-state index >= 15 is 0 Å². The van der Waals surface area contributed by atoms with Crippen molar-refractivity contribution in [2.24, 2.45) is 0 Å². The molecule has 0 fully saturated rings. The number of benzene rings is 2. The minimum Gasteiger partial charge on any atom is -0.309 e. The summed E-state index contributed by atoms with van der Waals surface area (Å²) in [4.78, 5) is 29.0. The molecule has 0 saturated carbocycles. The second-order valence-electron chi connectivity index (χ2n) is 6.90. The van der Waals surface area contributed by atoms with Crippen LogP contribution in [0.1, 0.15) is 51.6 Å². The summed E-state index contributed by atoms with van der Waals surface area (Å²) in [7, 11) is 0. The van der Waals surface area contributed by atoms with Crippen molar-refractivity contribution >= 4 is 23.2 Å². The van der Waals surface area contributed by atoms with Crippen molar-refractivity contribution in [3.8, 4) is 0 Å². The number of rotatable bonds is 4. The molecule has 2 aromatic carbocycles. The Morgan fingerprint density at radius 3 is 2.38 bits per heavy atom. The highest BCUT2D eigenvalue weighted by Gasteiger charge is 2.37. The SMILES string of the molecule is CCCC(=O)N1c2ccccc2[C@@H](N(C(C)=O)c2ccccc2)C[C@@H]1C. The standard InChI is InChI=1S/C22H26N2O2/c1-4-10-22(26)23-16(2)15-21(19-13-8-9-14-20(19)23)24(17(3)25)18-11-6-5-7-12-18/h5-9,11-14,16,21H,4,10,15H2,1-3H3/t16-,21-/m0/s1. The molecule has 0 bridgehead atoms. The van der Waals surface area contributed by atoms with Crippen LogP contribution in [0.2, 0.25) is 0 Å². The smallest absolute Gasteiger partial charge is 0.227 e. The van der Waals surface area contributed by atoms with Crippen LogP contribution in [0.5, 0.6) is 0 Å². The lowest BCUT2D eigenvalue weighted by atomic mass is 9.89. The first-order chi connectivity index (χ1) is 12.5. The van der Waals surface area contributed by atoms with E-state index < -0.39 is 0 Å². The van der Waals surface area contributed by atoms with Crippen molar-refractivity contribution in [2.45, 2.75) is 52.1 Å². The zero-order chi connectivity index (χ0) is 18.7. The third-order valence-electron chi connectivity index (χ3n) is 4.98. The summed E-state index contributed by atoms with van der Waals surface area (Å²) < 4.78 is 0. The molecule has 2 atom stereocenters. The van der Waals surface area contributed by atoms with Crippen molar-refractivity contribution in [1.82, 2.24) is 0 Å². The van der Waals surface area contributed by atoms with Crippen LogP contribution in [-0.4, -0.2) is 17.9 Å². The van der Waals surface area contributed by atoms with Crippen LogP contribution in [0.15, 0.2) is 54.6 Å². The van der Waals surface area contributed by atoms with Gasteiger partial charge in [0, 0.05) is 30.8 Å². The van der Waals surface area contributed by atoms with E-state index in [2.05, 4.69) is 6.92 Å². The topological polar surface area (TPSA) is 40.6 Å². The van der Waals surface area contributed by atoms with Gasteiger partial charge in [-0.1, -0.05) is 43.3 Å². The lowest BCUT2D eigenvalue weighted by Crippen LogP contribution is -2.47. The second kappa shape index (κ2) is 7.73. The monoisotopic (exact) mass is 350 g/mol. The van der Waals surface area contributed by atoms with Crippen molar-refractivity contribution in [2.75, 3.05) is 9.80 Å². The lowest BCUT2D eigenvalue weighted by molar-refractivity contribution is -0.119. The zero-order valence-electron chi connectivity index (χ0n) is 15.7. The Bertz CT molecular complexity index is 788. The van der Waals surface area contributed by atoms with Gasteiger partial charge in [0.25, 0.3) is 0 Å². The van der Waals surface area contributed by atoms with Crippen LogP contribution in [-0.2, 0) is 9.59 Å². The number of carbonyl (C=O) groups is 2. The molecule has 0 saturated heterocycles. The van der Waals surface area contributed by atoms with Gasteiger partial charge in [-0.3, -0.25) is 9.59 Å². The maximum Gasteiger partial charge on any atom is 0.227 e. The fourth-order valence-electron chi connectivity index (χ4n) is 3.91. The van der Waals surface area contributed by atoms with E-state index in [0.29, 0.717) is 6.42 Å². The zero-order valence-corrected chi connectivity index (χ0v) is 15.7. The normalized spacial score (nSPS) is 19.0. The molecule has 4 heteroatoms. The quantitative estimate of drug-likeness (QED) is 0.801. The van der Waals surface area contributed by atoms with Crippen molar-refractivity contribution in [3.05, 3.63) is 60.2 Å². The Labute approximate surface area is 155 Å². The fraction of sp³-hybridized carbons (Fsp3) is 0.364. The Hall–Kier alpha value is -2.62. The Morgan fingerprint density at radius 2 is 1.73 bits per heavy atom. The number of nitrogens with zero attached hydrogens (tertiary/aromatic N) is 2. The minimum atomic E-state index is -0.0771. The Kier molecular flexibility index (Phi) is 5.40. The highest BCUT2D eigenvalue weighted by atomic mass is 16.2. The highest BCUT2D eigenvalue weighted by Crippen LogP contribution is 2.42. The molecule has 4 nitrogen and oxygen atoms in total. The molecule has 1 heterocycles. The van der Waals surface area contributed by atoms with Crippen LogP contribution in [0.3, 0.4) is 0 Å². The van der Waals surface area contributed by atoms with E-state index in [0.717, 1.165) is 29.8 Å². The van der Waals surface area contributed by atoms with Gasteiger partial charge in [0.15, 0.2) is 0 Å². The van der Waals surface area contributed by atoms with E-state index in [1.165, 1.54) is 0 Å². The van der Waals surface area contributed by atoms with Gasteiger partial charge < -0.3 is 9.80 Å². The fourth-order valence-corrected chi connectivity index (χ4v) is 3.91. The van der Waals surface area contributed by atoms with Gasteiger partial charge in [0.05, 0.1) is 6.04 Å². The molecule has 0 aromatic heterocycles. The van der Waals surface area contributed by atoms with Crippen LogP contribution in [0, 0.1) is 0 Å². The second-order valence-corrected chi connectivity index (χ2v) is 6.90. The first kappa shape index (κ1) is 18.2. The molecule has 136 valence electrons. The maximum absolute atomic E-state index is 12.7. The number of amides is 2. The number of fused-ring (bicyclic) bond motifs is 1. The van der Waals surface area contributed by atoms with Crippen molar-refractivity contribution in [1.29, 1.82) is 0 Å². The molecular formula is C22H26N2O2. The van der Waals surface area contributed by atoms with Crippen LogP contribution in [0.4, 0.5) is 11.4 Å². The summed E-state index contributed by atoms with van der Waals surface area (Å²) in [5, 5.41) is 0. The maximum atomic E-state index is 12.7. The predicted molar refractivity (Wildman–Crippen MR) is 105 cm³/mol. The van der Waals surface area contributed by atoms with Crippen LogP contribution < -0.4 is 9.80 Å². The number of hydrogen-bond acceptors (Lipinski definition) is 2. The molecule has 0 spiro atoms. The lowest BCUT2D eigenvalue weighted by Gasteiger charge is -2.43. The molecule has 2 amide bonds. The highest BCUT2D eigenvalue weighted by molar-refractivity contribution is 5.97. The van der Waals surface area contributed by atoms with Crippen LogP contribution >= 0.6 is 0 Å². The summed E-state index contributed by atoms with van der Waals surface area (Å²) in [6.07, 6.45) is 2.09. The summed E-state index contributed by atoms with van der Waals surface area (Å²) >= 11 is 0. The summed E-state index contributed by atoms with van der Waals surface area (Å²) in [6.45, 7) is 5.70. The van der Waals surface area contributed by atoms with E-state index in [4.69, 9.17) is 0 Å². The molecule has 0 radical (unpaired) electrons. The molecule has 26 heavy (non-hydrogen) atoms. The van der Waals surface area contributed by atoms with E-state index in [9.17, 15) is 9.59 Å². The molecule has 2 aromatic rings. The van der Waals surface area contributed by atoms with Gasteiger partial charge in [0.2, 0.25) is 11.8 Å². The van der Waals surface area contributed by atoms with Gasteiger partial charge in [0.1, 0.15) is 0 Å². The predicted octanol–water partition coefficient (Wildman–Crippen LogP) is 4.71. The molecule has 0 aliphatic carbocycles. The van der Waals surface area contributed by atoms with Crippen molar-refractivity contribution in [3.63, 3.8) is 0 Å². The third kappa shape index (κ3) is 3.36. The Morgan fingerprint density at radius 1 is 1.08 bits per heavy atom. The van der Waals surface area contributed by atoms with E-state index in [1.54, 1.807) is 6.92 Å². The molecule has 1 aliphatic rings. The van der Waals surface area contributed by atoms with Crippen molar-refractivity contribution < 1.29 is 9.59 Å². The van der Waals surface area contributed by atoms with Gasteiger partial charge in [-0.2, -0.15) is 0 Å². The van der Waals surface area contributed by atoms with Gasteiger partial charge in [-0.15, -0.1) is 0 Å². The number of hydrogen-bond donors (Lipinski definition) is 0. The largest absolute Gasteiger partial charge is 0.309 e. The number of anilines is 2. The average molecular weight is 350 g/mol. The molecular weight excluding hydrogens is 324 g/mol.